The SMILES string of the molecule is Cc1ccc(-c2cc(-c3ccc(Cl)cc3)co2)cc1. The molecule has 0 aliphatic carbocycles. The van der Waals surface area contributed by atoms with Crippen molar-refractivity contribution < 1.29 is 4.42 Å². The van der Waals surface area contributed by atoms with Crippen LogP contribution in [-0.2, 0) is 0 Å². The van der Waals surface area contributed by atoms with E-state index < -0.39 is 0 Å². The molecule has 0 aliphatic heterocycles. The number of hydrogen-bond donors (Lipinski definition) is 0. The van der Waals surface area contributed by atoms with E-state index >= 15 is 0 Å². The van der Waals surface area contributed by atoms with Gasteiger partial charge < -0.3 is 4.42 Å². The predicted molar refractivity (Wildman–Crippen MR) is 79.3 cm³/mol. The van der Waals surface area contributed by atoms with Crippen LogP contribution in [-0.4, -0.2) is 0 Å². The first-order chi connectivity index (χ1) is 9.22. The minimum atomic E-state index is 0.742. The molecule has 3 rings (SSSR count). The Bertz CT molecular complexity index is 618. The van der Waals surface area contributed by atoms with E-state index in [4.69, 9.17) is 16.0 Å². The molecule has 3 aromatic rings. The lowest BCUT2D eigenvalue weighted by atomic mass is 10.1. The average molecular weight is 269 g/mol. The zero-order valence-electron chi connectivity index (χ0n) is 10.6. The molecule has 0 saturated heterocycles. The van der Waals surface area contributed by atoms with Gasteiger partial charge in [0.05, 0.1) is 6.26 Å². The van der Waals surface area contributed by atoms with Gasteiger partial charge in [-0.25, -0.2) is 0 Å². The minimum absolute atomic E-state index is 0.742. The fraction of sp³-hybridized carbons (Fsp3) is 0.0588. The van der Waals surface area contributed by atoms with Gasteiger partial charge in [-0.2, -0.15) is 0 Å². The molecule has 0 spiro atoms. The van der Waals surface area contributed by atoms with Crippen molar-refractivity contribution in [2.45, 2.75) is 6.92 Å². The quantitative estimate of drug-likeness (QED) is 0.592. The predicted octanol–water partition coefficient (Wildman–Crippen LogP) is 5.58. The summed E-state index contributed by atoms with van der Waals surface area (Å²) in [6.45, 7) is 2.07. The van der Waals surface area contributed by atoms with Gasteiger partial charge in [-0.3, -0.25) is 0 Å². The Labute approximate surface area is 117 Å². The Morgan fingerprint density at radius 1 is 0.789 bits per heavy atom. The third-order valence-corrected chi connectivity index (χ3v) is 3.37. The van der Waals surface area contributed by atoms with E-state index in [-0.39, 0.29) is 0 Å². The van der Waals surface area contributed by atoms with Crippen molar-refractivity contribution in [1.82, 2.24) is 0 Å². The van der Waals surface area contributed by atoms with Crippen molar-refractivity contribution in [2.75, 3.05) is 0 Å². The summed E-state index contributed by atoms with van der Waals surface area (Å²) in [7, 11) is 0. The number of furan rings is 1. The van der Waals surface area contributed by atoms with E-state index in [0.717, 1.165) is 27.5 Å². The third-order valence-electron chi connectivity index (χ3n) is 3.11. The van der Waals surface area contributed by atoms with E-state index in [0.29, 0.717) is 0 Å². The molecule has 0 amide bonds. The van der Waals surface area contributed by atoms with Crippen LogP contribution >= 0.6 is 11.6 Å². The van der Waals surface area contributed by atoms with E-state index in [1.54, 1.807) is 6.26 Å². The van der Waals surface area contributed by atoms with Crippen LogP contribution in [0.25, 0.3) is 22.5 Å². The van der Waals surface area contributed by atoms with Crippen molar-refractivity contribution in [3.63, 3.8) is 0 Å². The minimum Gasteiger partial charge on any atom is -0.464 e. The molecule has 19 heavy (non-hydrogen) atoms. The lowest BCUT2D eigenvalue weighted by Crippen LogP contribution is -1.75. The monoisotopic (exact) mass is 268 g/mol. The van der Waals surface area contributed by atoms with Crippen molar-refractivity contribution in [1.29, 1.82) is 0 Å². The Morgan fingerprint density at radius 2 is 1.42 bits per heavy atom. The van der Waals surface area contributed by atoms with Gasteiger partial charge in [0.1, 0.15) is 5.76 Å². The molecule has 0 radical (unpaired) electrons. The lowest BCUT2D eigenvalue weighted by molar-refractivity contribution is 0.583. The summed E-state index contributed by atoms with van der Waals surface area (Å²) in [6, 6.07) is 18.1. The summed E-state index contributed by atoms with van der Waals surface area (Å²) in [4.78, 5) is 0. The lowest BCUT2D eigenvalue weighted by Gasteiger charge is -1.97. The largest absolute Gasteiger partial charge is 0.464 e. The number of benzene rings is 2. The summed E-state index contributed by atoms with van der Waals surface area (Å²) >= 11 is 5.89. The smallest absolute Gasteiger partial charge is 0.134 e. The van der Waals surface area contributed by atoms with Gasteiger partial charge in [0.25, 0.3) is 0 Å². The Morgan fingerprint density at radius 3 is 2.11 bits per heavy atom. The molecule has 1 nitrogen and oxygen atoms in total. The van der Waals surface area contributed by atoms with Crippen molar-refractivity contribution >= 4 is 11.6 Å². The van der Waals surface area contributed by atoms with Crippen LogP contribution < -0.4 is 0 Å². The Kier molecular flexibility index (Phi) is 3.14. The van der Waals surface area contributed by atoms with Crippen LogP contribution in [0.15, 0.2) is 65.3 Å². The van der Waals surface area contributed by atoms with Gasteiger partial charge in [-0.05, 0) is 30.7 Å². The van der Waals surface area contributed by atoms with Gasteiger partial charge in [0.15, 0.2) is 0 Å². The summed E-state index contributed by atoms with van der Waals surface area (Å²) in [5.74, 6) is 0.880. The molecule has 0 saturated carbocycles. The van der Waals surface area contributed by atoms with Crippen LogP contribution in [0.1, 0.15) is 5.56 Å². The molecule has 94 valence electrons. The molecular formula is C17H13ClO. The second-order valence-corrected chi connectivity index (χ2v) is 5.01. The molecule has 2 heteroatoms. The first-order valence-electron chi connectivity index (χ1n) is 6.14. The summed E-state index contributed by atoms with van der Waals surface area (Å²) in [5, 5.41) is 0.742. The molecule has 0 atom stereocenters. The Balaban J connectivity index is 1.95. The number of hydrogen-bond acceptors (Lipinski definition) is 1. The molecule has 0 unspecified atom stereocenters. The first-order valence-corrected chi connectivity index (χ1v) is 6.52. The summed E-state index contributed by atoms with van der Waals surface area (Å²) in [6.07, 6.45) is 1.78. The molecule has 1 heterocycles. The normalized spacial score (nSPS) is 10.6. The van der Waals surface area contributed by atoms with E-state index in [1.807, 2.05) is 30.3 Å². The molecule has 0 N–H and O–H groups in total. The van der Waals surface area contributed by atoms with Crippen LogP contribution in [0.5, 0.6) is 0 Å². The van der Waals surface area contributed by atoms with Crippen molar-refractivity contribution in [3.05, 3.63) is 71.4 Å². The van der Waals surface area contributed by atoms with E-state index in [9.17, 15) is 0 Å². The molecule has 2 aromatic carbocycles. The topological polar surface area (TPSA) is 13.1 Å². The highest BCUT2D eigenvalue weighted by atomic mass is 35.5. The second kappa shape index (κ2) is 4.94. The maximum atomic E-state index is 5.89. The maximum absolute atomic E-state index is 5.89. The first kappa shape index (κ1) is 12.1. The maximum Gasteiger partial charge on any atom is 0.134 e. The van der Waals surface area contributed by atoms with Crippen molar-refractivity contribution in [3.8, 4) is 22.5 Å². The average Bonchev–Trinajstić information content (AvgIpc) is 2.90. The zero-order chi connectivity index (χ0) is 13.2. The van der Waals surface area contributed by atoms with E-state index in [2.05, 4.69) is 31.2 Å². The number of rotatable bonds is 2. The van der Waals surface area contributed by atoms with Gasteiger partial charge in [-0.1, -0.05) is 53.6 Å². The molecule has 0 aliphatic rings. The second-order valence-electron chi connectivity index (χ2n) is 4.57. The number of halogens is 1. The van der Waals surface area contributed by atoms with Crippen LogP contribution in [0, 0.1) is 6.92 Å². The molecular weight excluding hydrogens is 256 g/mol. The fourth-order valence-corrected chi connectivity index (χ4v) is 2.13. The molecule has 0 bridgehead atoms. The molecule has 0 fully saturated rings. The zero-order valence-corrected chi connectivity index (χ0v) is 11.3. The van der Waals surface area contributed by atoms with E-state index in [1.165, 1.54) is 5.56 Å². The highest BCUT2D eigenvalue weighted by molar-refractivity contribution is 6.30. The summed E-state index contributed by atoms with van der Waals surface area (Å²) < 4.78 is 5.64. The van der Waals surface area contributed by atoms with Gasteiger partial charge in [0, 0.05) is 16.1 Å². The van der Waals surface area contributed by atoms with Crippen molar-refractivity contribution in [2.24, 2.45) is 0 Å². The highest BCUT2D eigenvalue weighted by Gasteiger charge is 2.06. The fourth-order valence-electron chi connectivity index (χ4n) is 2.00. The molecule has 1 aromatic heterocycles. The summed E-state index contributed by atoms with van der Waals surface area (Å²) in [5.41, 5.74) is 4.50. The van der Waals surface area contributed by atoms with Gasteiger partial charge in [0.2, 0.25) is 0 Å². The Hall–Kier alpha value is -1.99. The van der Waals surface area contributed by atoms with Gasteiger partial charge >= 0.3 is 0 Å². The third kappa shape index (κ3) is 2.56. The van der Waals surface area contributed by atoms with Crippen LogP contribution in [0.2, 0.25) is 5.02 Å². The standard InChI is InChI=1S/C17H13ClO/c1-12-2-4-14(5-3-12)17-10-15(11-19-17)13-6-8-16(18)9-7-13/h2-11H,1H3. The highest BCUT2D eigenvalue weighted by Crippen LogP contribution is 2.29. The number of aryl methyl sites for hydroxylation is 1. The van der Waals surface area contributed by atoms with Crippen LogP contribution in [0.4, 0.5) is 0 Å². The van der Waals surface area contributed by atoms with Gasteiger partial charge in [-0.15, -0.1) is 0 Å². The van der Waals surface area contributed by atoms with Crippen LogP contribution in [0.3, 0.4) is 0 Å².